The van der Waals surface area contributed by atoms with Crippen LogP contribution in [0.3, 0.4) is 0 Å². The van der Waals surface area contributed by atoms with Gasteiger partial charge in [0.1, 0.15) is 0 Å². The second kappa shape index (κ2) is 6.90. The predicted octanol–water partition coefficient (Wildman–Crippen LogP) is 3.50. The predicted molar refractivity (Wildman–Crippen MR) is 85.4 cm³/mol. The molecule has 0 bridgehead atoms. The van der Waals surface area contributed by atoms with Gasteiger partial charge in [0.15, 0.2) is 0 Å². The summed E-state index contributed by atoms with van der Waals surface area (Å²) in [6.45, 7) is 11.0. The largest absolute Gasteiger partial charge is 0.417 e. The molecule has 1 N–H and O–H groups in total. The van der Waals surface area contributed by atoms with Crippen LogP contribution >= 0.6 is 0 Å². The Hall–Kier alpha value is 0.0969. The molecule has 1 radical (unpaired) electrons. The molecule has 0 amide bonds. The molecule has 0 saturated carbocycles. The molecule has 2 rings (SSSR count). The van der Waals surface area contributed by atoms with Crippen molar-refractivity contribution in [1.29, 1.82) is 0 Å². The van der Waals surface area contributed by atoms with Crippen LogP contribution in [0.2, 0.25) is 12.1 Å². The van der Waals surface area contributed by atoms with E-state index in [9.17, 15) is 0 Å². The van der Waals surface area contributed by atoms with Gasteiger partial charge in [-0.05, 0) is 65.5 Å². The van der Waals surface area contributed by atoms with E-state index in [0.717, 1.165) is 26.1 Å². The number of hydrogen-bond donors (Lipinski definition) is 1. The standard InChI is InChI=1S/C16H32NO2Si/c1-15(2)12-14(13-16(3,4)17-15)18-8-7-11-20-10-6-5-9-19-20/h14,17H,5-13H2,1-4H3. The van der Waals surface area contributed by atoms with Gasteiger partial charge in [-0.1, -0.05) is 6.42 Å². The third-order valence-electron chi connectivity index (χ3n) is 4.26. The highest BCUT2D eigenvalue weighted by Gasteiger charge is 2.37. The number of piperidine rings is 1. The van der Waals surface area contributed by atoms with Crippen molar-refractivity contribution >= 4 is 9.04 Å². The van der Waals surface area contributed by atoms with Crippen LogP contribution in [-0.2, 0) is 9.16 Å². The number of nitrogens with one attached hydrogen (secondary N) is 1. The van der Waals surface area contributed by atoms with Crippen molar-refractivity contribution in [2.45, 2.75) is 89.1 Å². The second-order valence-electron chi connectivity index (χ2n) is 7.74. The summed E-state index contributed by atoms with van der Waals surface area (Å²) in [5.74, 6) is 0. The molecule has 3 nitrogen and oxygen atoms in total. The molecule has 2 saturated heterocycles. The molecule has 20 heavy (non-hydrogen) atoms. The summed E-state index contributed by atoms with van der Waals surface area (Å²) < 4.78 is 12.0. The van der Waals surface area contributed by atoms with Gasteiger partial charge in [-0.2, -0.15) is 0 Å². The summed E-state index contributed by atoms with van der Waals surface area (Å²) in [7, 11) is -0.488. The summed E-state index contributed by atoms with van der Waals surface area (Å²) in [6.07, 6.45) is 6.47. The van der Waals surface area contributed by atoms with Crippen molar-refractivity contribution in [3.63, 3.8) is 0 Å². The quantitative estimate of drug-likeness (QED) is 0.622. The molecule has 2 aliphatic heterocycles. The lowest BCUT2D eigenvalue weighted by atomic mass is 9.81. The topological polar surface area (TPSA) is 30.5 Å². The van der Waals surface area contributed by atoms with E-state index in [-0.39, 0.29) is 11.1 Å². The van der Waals surface area contributed by atoms with E-state index < -0.39 is 9.04 Å². The van der Waals surface area contributed by atoms with Crippen LogP contribution in [0, 0.1) is 0 Å². The van der Waals surface area contributed by atoms with E-state index in [0.29, 0.717) is 6.10 Å². The van der Waals surface area contributed by atoms with Crippen LogP contribution in [0.15, 0.2) is 0 Å². The molecule has 0 spiro atoms. The van der Waals surface area contributed by atoms with Crippen molar-refractivity contribution < 1.29 is 9.16 Å². The normalized spacial score (nSPS) is 27.6. The molecule has 2 aliphatic rings. The fourth-order valence-corrected chi connectivity index (χ4v) is 5.93. The molecule has 0 aromatic heterocycles. The van der Waals surface area contributed by atoms with Crippen molar-refractivity contribution in [1.82, 2.24) is 5.32 Å². The zero-order valence-electron chi connectivity index (χ0n) is 13.8. The monoisotopic (exact) mass is 298 g/mol. The molecule has 0 aromatic rings. The van der Waals surface area contributed by atoms with Gasteiger partial charge < -0.3 is 14.5 Å². The highest BCUT2D eigenvalue weighted by atomic mass is 28.3. The molecule has 0 atom stereocenters. The first-order valence-electron chi connectivity index (χ1n) is 8.25. The smallest absolute Gasteiger partial charge is 0.211 e. The summed E-state index contributed by atoms with van der Waals surface area (Å²) >= 11 is 0. The Balaban J connectivity index is 1.65. The fourth-order valence-electron chi connectivity index (χ4n) is 3.78. The van der Waals surface area contributed by atoms with E-state index in [1.165, 1.54) is 31.4 Å². The van der Waals surface area contributed by atoms with Crippen LogP contribution in [0.4, 0.5) is 0 Å². The Labute approximate surface area is 126 Å². The van der Waals surface area contributed by atoms with Gasteiger partial charge in [0, 0.05) is 24.3 Å². The highest BCUT2D eigenvalue weighted by molar-refractivity contribution is 6.51. The molecule has 4 heteroatoms. The zero-order valence-corrected chi connectivity index (χ0v) is 14.8. The van der Waals surface area contributed by atoms with Gasteiger partial charge in [0.2, 0.25) is 9.04 Å². The molecule has 0 aliphatic carbocycles. The highest BCUT2D eigenvalue weighted by Crippen LogP contribution is 2.30. The summed E-state index contributed by atoms with van der Waals surface area (Å²) in [6, 6.07) is 2.61. The summed E-state index contributed by atoms with van der Waals surface area (Å²) in [5.41, 5.74) is 0.372. The molecule has 117 valence electrons. The Bertz CT molecular complexity index is 285. The average molecular weight is 299 g/mol. The van der Waals surface area contributed by atoms with Gasteiger partial charge in [-0.3, -0.25) is 0 Å². The molecule has 2 fully saturated rings. The lowest BCUT2D eigenvalue weighted by Gasteiger charge is -2.46. The van der Waals surface area contributed by atoms with Gasteiger partial charge in [-0.25, -0.2) is 0 Å². The SMILES string of the molecule is CC1(C)CC(OCCC[Si]2CCCCO2)CC(C)(C)N1. The first kappa shape index (κ1) is 16.5. The molecule has 0 unspecified atom stereocenters. The van der Waals surface area contributed by atoms with E-state index in [1.807, 2.05) is 0 Å². The van der Waals surface area contributed by atoms with Crippen molar-refractivity contribution in [3.8, 4) is 0 Å². The van der Waals surface area contributed by atoms with Crippen LogP contribution in [-0.4, -0.2) is 39.4 Å². The minimum atomic E-state index is -0.488. The Morgan fingerprint density at radius 2 is 1.85 bits per heavy atom. The van der Waals surface area contributed by atoms with Crippen LogP contribution in [0.1, 0.15) is 59.8 Å². The third-order valence-corrected chi connectivity index (χ3v) is 6.70. The van der Waals surface area contributed by atoms with Crippen molar-refractivity contribution in [2.24, 2.45) is 0 Å². The first-order chi connectivity index (χ1) is 9.36. The maximum absolute atomic E-state index is 6.17. The van der Waals surface area contributed by atoms with Gasteiger partial charge >= 0.3 is 0 Å². The number of ether oxygens (including phenoxy) is 1. The van der Waals surface area contributed by atoms with Gasteiger partial charge in [-0.15, -0.1) is 0 Å². The molecular formula is C16H32NO2Si. The van der Waals surface area contributed by atoms with Gasteiger partial charge in [0.05, 0.1) is 6.10 Å². The fraction of sp³-hybridized carbons (Fsp3) is 1.00. The number of hydrogen-bond acceptors (Lipinski definition) is 3. The number of rotatable bonds is 5. The van der Waals surface area contributed by atoms with Crippen molar-refractivity contribution in [2.75, 3.05) is 13.2 Å². The zero-order chi connectivity index (χ0) is 14.6. The summed E-state index contributed by atoms with van der Waals surface area (Å²) in [4.78, 5) is 0. The first-order valence-corrected chi connectivity index (χ1v) is 10.1. The van der Waals surface area contributed by atoms with Gasteiger partial charge in [0.25, 0.3) is 0 Å². The molecular weight excluding hydrogens is 266 g/mol. The maximum Gasteiger partial charge on any atom is 0.211 e. The second-order valence-corrected chi connectivity index (χ2v) is 10.1. The van der Waals surface area contributed by atoms with Crippen LogP contribution < -0.4 is 5.32 Å². The van der Waals surface area contributed by atoms with E-state index in [4.69, 9.17) is 9.16 Å². The Morgan fingerprint density at radius 3 is 2.45 bits per heavy atom. The minimum Gasteiger partial charge on any atom is -0.417 e. The maximum atomic E-state index is 6.17. The lowest BCUT2D eigenvalue weighted by Crippen LogP contribution is -2.59. The summed E-state index contributed by atoms with van der Waals surface area (Å²) in [5, 5.41) is 3.71. The average Bonchev–Trinajstić information content (AvgIpc) is 2.32. The van der Waals surface area contributed by atoms with E-state index in [1.54, 1.807) is 0 Å². The van der Waals surface area contributed by atoms with Crippen LogP contribution in [0.5, 0.6) is 0 Å². The lowest BCUT2D eigenvalue weighted by molar-refractivity contribution is -0.0215. The molecule has 2 heterocycles. The van der Waals surface area contributed by atoms with E-state index >= 15 is 0 Å². The van der Waals surface area contributed by atoms with Crippen LogP contribution in [0.25, 0.3) is 0 Å². The Morgan fingerprint density at radius 1 is 1.15 bits per heavy atom. The minimum absolute atomic E-state index is 0.186. The third kappa shape index (κ3) is 5.47. The Kier molecular flexibility index (Phi) is 5.68. The molecule has 0 aromatic carbocycles. The van der Waals surface area contributed by atoms with Crippen molar-refractivity contribution in [3.05, 3.63) is 0 Å². The van der Waals surface area contributed by atoms with E-state index in [2.05, 4.69) is 33.0 Å².